The summed E-state index contributed by atoms with van der Waals surface area (Å²) in [5.74, 6) is -1.74. The van der Waals surface area contributed by atoms with Gasteiger partial charge in [-0.05, 0) is 72.7 Å². The molecule has 0 saturated carbocycles. The number of benzene rings is 2. The molecule has 0 amide bonds. The highest BCUT2D eigenvalue weighted by Gasteiger charge is 2.25. The van der Waals surface area contributed by atoms with Crippen molar-refractivity contribution in [2.45, 2.75) is 26.3 Å². The molecule has 2 aliphatic heterocycles. The number of halogens is 2. The molecule has 0 spiro atoms. The molecule has 9 nitrogen and oxygen atoms in total. The minimum atomic E-state index is -0.836. The minimum Gasteiger partial charge on any atom is -0.433 e. The van der Waals surface area contributed by atoms with Gasteiger partial charge in [0.1, 0.15) is 5.82 Å². The molecular formula is C32H30F2N6O3. The van der Waals surface area contributed by atoms with E-state index < -0.39 is 17.4 Å². The summed E-state index contributed by atoms with van der Waals surface area (Å²) in [4.78, 5) is 23.5. The highest BCUT2D eigenvalue weighted by molar-refractivity contribution is 6.12. The fraction of sp³-hybridized carbons (Fsp3) is 0.281. The Morgan fingerprint density at radius 2 is 2.00 bits per heavy atom. The lowest BCUT2D eigenvalue weighted by Crippen LogP contribution is -2.34. The van der Waals surface area contributed by atoms with E-state index in [2.05, 4.69) is 32.1 Å². The highest BCUT2D eigenvalue weighted by Crippen LogP contribution is 2.31. The lowest BCUT2D eigenvalue weighted by atomic mass is 9.96. The zero-order valence-electron chi connectivity index (χ0n) is 23.6. The zero-order valence-corrected chi connectivity index (χ0v) is 23.6. The van der Waals surface area contributed by atoms with E-state index in [0.717, 1.165) is 68.7 Å². The number of pyridine rings is 1. The Bertz CT molecular complexity index is 1840. The first-order chi connectivity index (χ1) is 20.8. The zero-order chi connectivity index (χ0) is 29.7. The number of nitrogens with one attached hydrogen (secondary N) is 1. The molecule has 1 fully saturated rings. The van der Waals surface area contributed by atoms with E-state index in [1.807, 2.05) is 6.07 Å². The van der Waals surface area contributed by atoms with Crippen LogP contribution in [0.25, 0.3) is 16.6 Å². The Labute approximate surface area is 246 Å². The second-order valence-electron chi connectivity index (χ2n) is 11.3. The van der Waals surface area contributed by atoms with Gasteiger partial charge < -0.3 is 20.2 Å². The third-order valence-corrected chi connectivity index (χ3v) is 8.28. The molecule has 1 saturated heterocycles. The van der Waals surface area contributed by atoms with Crippen LogP contribution in [0.4, 0.5) is 14.6 Å². The van der Waals surface area contributed by atoms with E-state index in [-0.39, 0.29) is 23.0 Å². The normalized spacial score (nSPS) is 17.0. The predicted octanol–water partition coefficient (Wildman–Crippen LogP) is 5.34. The smallest absolute Gasteiger partial charge is 0.219 e. The quantitative estimate of drug-likeness (QED) is 0.249. The van der Waals surface area contributed by atoms with Crippen molar-refractivity contribution in [3.8, 4) is 17.3 Å². The van der Waals surface area contributed by atoms with E-state index in [4.69, 9.17) is 15.2 Å². The summed E-state index contributed by atoms with van der Waals surface area (Å²) in [6, 6.07) is 11.2. The Balaban J connectivity index is 1.11. The lowest BCUT2D eigenvalue weighted by molar-refractivity contribution is 0.103. The monoisotopic (exact) mass is 584 g/mol. The van der Waals surface area contributed by atoms with Gasteiger partial charge in [0.15, 0.2) is 11.6 Å². The molecular weight excluding hydrogens is 554 g/mol. The molecule has 43 heavy (non-hydrogen) atoms. The maximum absolute atomic E-state index is 14.0. The van der Waals surface area contributed by atoms with Crippen LogP contribution in [-0.2, 0) is 17.7 Å². The predicted molar refractivity (Wildman–Crippen MR) is 157 cm³/mol. The summed E-state index contributed by atoms with van der Waals surface area (Å²) in [5, 5.41) is 5.32. The summed E-state index contributed by atoms with van der Waals surface area (Å²) >= 11 is 0. The number of anilines is 1. The topological polar surface area (TPSA) is 111 Å². The van der Waals surface area contributed by atoms with Crippen LogP contribution in [0.5, 0.6) is 11.6 Å². The number of aryl methyl sites for hydroxylation is 1. The van der Waals surface area contributed by atoms with Crippen molar-refractivity contribution in [1.82, 2.24) is 24.6 Å². The van der Waals surface area contributed by atoms with E-state index in [0.29, 0.717) is 22.9 Å². The number of ketones is 1. The number of nitrogens with zero attached hydrogens (tertiary/aromatic N) is 4. The van der Waals surface area contributed by atoms with Crippen LogP contribution in [0.15, 0.2) is 54.9 Å². The number of para-hydroxylation sites is 1. The van der Waals surface area contributed by atoms with Crippen LogP contribution >= 0.6 is 0 Å². The number of hydrogen-bond donors (Lipinski definition) is 2. The highest BCUT2D eigenvalue weighted by atomic mass is 19.1. The molecule has 1 unspecified atom stereocenters. The van der Waals surface area contributed by atoms with Gasteiger partial charge in [-0.3, -0.25) is 9.69 Å². The second kappa shape index (κ2) is 10.9. The van der Waals surface area contributed by atoms with Gasteiger partial charge in [0.05, 0.1) is 35.9 Å². The van der Waals surface area contributed by atoms with Crippen molar-refractivity contribution in [2.75, 3.05) is 32.0 Å². The van der Waals surface area contributed by atoms with Crippen LogP contribution < -0.4 is 10.5 Å². The van der Waals surface area contributed by atoms with Crippen molar-refractivity contribution in [1.29, 1.82) is 0 Å². The number of aromatic amines is 1. The molecule has 1 atom stereocenters. The van der Waals surface area contributed by atoms with Crippen molar-refractivity contribution < 1.29 is 23.0 Å². The van der Waals surface area contributed by atoms with E-state index >= 15 is 0 Å². The molecule has 5 heterocycles. The van der Waals surface area contributed by atoms with Gasteiger partial charge in [0, 0.05) is 43.2 Å². The Morgan fingerprint density at radius 3 is 2.77 bits per heavy atom. The molecule has 5 aromatic rings. The van der Waals surface area contributed by atoms with E-state index in [1.54, 1.807) is 6.92 Å². The first-order valence-corrected chi connectivity index (χ1v) is 14.3. The van der Waals surface area contributed by atoms with Crippen LogP contribution in [0.1, 0.15) is 39.2 Å². The molecule has 7 rings (SSSR count). The average molecular weight is 585 g/mol. The molecule has 0 radical (unpaired) electrons. The first kappa shape index (κ1) is 27.2. The molecule has 3 aromatic heterocycles. The number of fused-ring (bicyclic) bond motifs is 2. The number of hydrogen-bond acceptors (Lipinski definition) is 7. The van der Waals surface area contributed by atoms with Gasteiger partial charge in [-0.25, -0.2) is 18.4 Å². The van der Waals surface area contributed by atoms with E-state index in [9.17, 15) is 13.6 Å². The minimum absolute atomic E-state index is 0.00345. The molecule has 0 bridgehead atoms. The molecule has 2 aromatic carbocycles. The van der Waals surface area contributed by atoms with Crippen molar-refractivity contribution in [2.24, 2.45) is 5.92 Å². The Kier molecular flexibility index (Phi) is 6.91. The standard InChI is InChI=1S/C32H30F2N6O3/c1-18-9-29(43-31-24(33)3-2-4-25(31)34)36-14-28(18)40-32(35)23(13-37-40)30(41)27-12-21-10-22-16-39(15-19-6-8-42-17-19)7-5-20(22)11-26(21)38-27/h2-4,9-14,19,38H,5-8,15-17,35H2,1H3. The molecule has 220 valence electrons. The number of nitrogens with two attached hydrogens (primary N) is 1. The number of carbonyl (C=O) groups is 1. The third-order valence-electron chi connectivity index (χ3n) is 8.28. The Morgan fingerprint density at radius 1 is 1.16 bits per heavy atom. The number of carbonyl (C=O) groups excluding carboxylic acids is 1. The van der Waals surface area contributed by atoms with Gasteiger partial charge in [-0.15, -0.1) is 0 Å². The largest absolute Gasteiger partial charge is 0.433 e. The summed E-state index contributed by atoms with van der Waals surface area (Å²) < 4.78 is 40.4. The summed E-state index contributed by atoms with van der Waals surface area (Å²) in [6.07, 6.45) is 4.94. The van der Waals surface area contributed by atoms with Crippen molar-refractivity contribution in [3.63, 3.8) is 0 Å². The summed E-state index contributed by atoms with van der Waals surface area (Å²) in [6.45, 7) is 6.41. The molecule has 3 N–H and O–H groups in total. The SMILES string of the molecule is Cc1cc(Oc2c(F)cccc2F)ncc1-n1ncc(C(=O)c2cc3cc4c(cc3[nH]2)CCN(CC2CCOC2)C4)c1N. The van der Waals surface area contributed by atoms with Gasteiger partial charge in [0.2, 0.25) is 17.4 Å². The van der Waals surface area contributed by atoms with Crippen molar-refractivity contribution >= 4 is 22.5 Å². The van der Waals surface area contributed by atoms with Crippen LogP contribution in [0.2, 0.25) is 0 Å². The number of aromatic nitrogens is 4. The number of nitrogen functional groups attached to an aromatic ring is 1. The lowest BCUT2D eigenvalue weighted by Gasteiger charge is -2.30. The second-order valence-corrected chi connectivity index (χ2v) is 11.3. The maximum Gasteiger partial charge on any atom is 0.219 e. The van der Waals surface area contributed by atoms with Crippen LogP contribution in [-0.4, -0.2) is 56.7 Å². The van der Waals surface area contributed by atoms with Crippen LogP contribution in [0.3, 0.4) is 0 Å². The van der Waals surface area contributed by atoms with Gasteiger partial charge in [0.25, 0.3) is 0 Å². The maximum atomic E-state index is 14.0. The molecule has 2 aliphatic rings. The molecule has 11 heteroatoms. The number of rotatable bonds is 7. The fourth-order valence-corrected chi connectivity index (χ4v) is 5.98. The average Bonchev–Trinajstić information content (AvgIpc) is 3.74. The van der Waals surface area contributed by atoms with E-state index in [1.165, 1.54) is 40.3 Å². The van der Waals surface area contributed by atoms with Gasteiger partial charge in [-0.1, -0.05) is 6.07 Å². The number of ether oxygens (including phenoxy) is 2. The van der Waals surface area contributed by atoms with Gasteiger partial charge in [-0.2, -0.15) is 5.10 Å². The molecule has 0 aliphatic carbocycles. The van der Waals surface area contributed by atoms with Crippen molar-refractivity contribution in [3.05, 3.63) is 94.4 Å². The Hall–Kier alpha value is -4.61. The third kappa shape index (κ3) is 5.15. The summed E-state index contributed by atoms with van der Waals surface area (Å²) in [5.41, 5.74) is 11.7. The van der Waals surface area contributed by atoms with Gasteiger partial charge >= 0.3 is 0 Å². The first-order valence-electron chi connectivity index (χ1n) is 14.3. The fourth-order valence-electron chi connectivity index (χ4n) is 5.98. The summed E-state index contributed by atoms with van der Waals surface area (Å²) in [7, 11) is 0. The van der Waals surface area contributed by atoms with Crippen LogP contribution in [0, 0.1) is 24.5 Å². The number of H-pyrrole nitrogens is 1.